The number of hydrogen-bond donors (Lipinski definition) is 2. The fourth-order valence-corrected chi connectivity index (χ4v) is 2.73. The van der Waals surface area contributed by atoms with Gasteiger partial charge in [0, 0.05) is 31.6 Å². The number of nitrogens with zero attached hydrogens (tertiary/aromatic N) is 3. The van der Waals surface area contributed by atoms with Gasteiger partial charge in [0.2, 0.25) is 0 Å². The monoisotopic (exact) mass is 312 g/mol. The molecular weight excluding hydrogens is 292 g/mol. The summed E-state index contributed by atoms with van der Waals surface area (Å²) in [6, 6.07) is 11.5. The summed E-state index contributed by atoms with van der Waals surface area (Å²) in [5.41, 5.74) is 1.36. The molecule has 2 N–H and O–H groups in total. The second-order valence-electron chi connectivity index (χ2n) is 5.63. The average molecular weight is 312 g/mol. The second-order valence-corrected chi connectivity index (χ2v) is 5.63. The van der Waals surface area contributed by atoms with E-state index in [2.05, 4.69) is 21.3 Å². The molecule has 1 saturated heterocycles. The Kier molecular flexibility index (Phi) is 5.03. The van der Waals surface area contributed by atoms with Crippen molar-refractivity contribution in [2.75, 3.05) is 44.7 Å². The lowest BCUT2D eigenvalue weighted by molar-refractivity contribution is 0.0171. The Morgan fingerprint density at radius 1 is 1.35 bits per heavy atom. The van der Waals surface area contributed by atoms with Gasteiger partial charge >= 0.3 is 0 Å². The molecule has 0 spiro atoms. The van der Waals surface area contributed by atoms with E-state index in [4.69, 9.17) is 4.74 Å². The number of pyridine rings is 1. The molecule has 2 heterocycles. The summed E-state index contributed by atoms with van der Waals surface area (Å²) in [5, 5.41) is 23.4. The van der Waals surface area contributed by atoms with Crippen molar-refractivity contribution in [2.45, 2.75) is 6.10 Å². The zero-order valence-corrected chi connectivity index (χ0v) is 12.9. The van der Waals surface area contributed by atoms with Crippen LogP contribution in [-0.4, -0.2) is 60.5 Å². The number of fused-ring (bicyclic) bond motifs is 1. The fourth-order valence-electron chi connectivity index (χ4n) is 2.73. The molecule has 23 heavy (non-hydrogen) atoms. The van der Waals surface area contributed by atoms with Gasteiger partial charge in [-0.15, -0.1) is 0 Å². The van der Waals surface area contributed by atoms with Gasteiger partial charge in [0.05, 0.1) is 36.5 Å². The van der Waals surface area contributed by atoms with E-state index in [1.54, 1.807) is 6.07 Å². The molecule has 1 aliphatic heterocycles. The number of anilines is 1. The van der Waals surface area contributed by atoms with Gasteiger partial charge in [0.1, 0.15) is 5.82 Å². The Bertz CT molecular complexity index is 707. The number of aliphatic hydroxyl groups excluding tert-OH is 1. The van der Waals surface area contributed by atoms with Crippen molar-refractivity contribution < 1.29 is 9.84 Å². The first kappa shape index (κ1) is 15.7. The highest BCUT2D eigenvalue weighted by Gasteiger charge is 2.15. The molecule has 3 rings (SSSR count). The number of hydrogen-bond acceptors (Lipinski definition) is 6. The van der Waals surface area contributed by atoms with Crippen LogP contribution in [0.4, 0.5) is 5.82 Å². The van der Waals surface area contributed by atoms with Crippen molar-refractivity contribution in [1.29, 1.82) is 5.26 Å². The molecule has 0 unspecified atom stereocenters. The maximum Gasteiger partial charge on any atom is 0.128 e. The number of benzene rings is 1. The minimum Gasteiger partial charge on any atom is -0.390 e. The number of aliphatic hydroxyl groups is 1. The van der Waals surface area contributed by atoms with Gasteiger partial charge < -0.3 is 15.2 Å². The average Bonchev–Trinajstić information content (AvgIpc) is 2.60. The molecule has 0 aliphatic carbocycles. The van der Waals surface area contributed by atoms with Gasteiger partial charge in [-0.25, -0.2) is 4.98 Å². The smallest absolute Gasteiger partial charge is 0.128 e. The molecule has 1 atom stereocenters. The Morgan fingerprint density at radius 2 is 2.13 bits per heavy atom. The van der Waals surface area contributed by atoms with Crippen LogP contribution in [-0.2, 0) is 4.74 Å². The largest absolute Gasteiger partial charge is 0.390 e. The fraction of sp³-hybridized carbons (Fsp3) is 0.412. The highest BCUT2D eigenvalue weighted by Crippen LogP contribution is 2.19. The number of nitrogens with one attached hydrogen (secondary N) is 1. The summed E-state index contributed by atoms with van der Waals surface area (Å²) in [5.74, 6) is 0.612. The summed E-state index contributed by atoms with van der Waals surface area (Å²) in [6.07, 6.45) is -0.494. The zero-order valence-electron chi connectivity index (χ0n) is 12.9. The zero-order chi connectivity index (χ0) is 16.1. The summed E-state index contributed by atoms with van der Waals surface area (Å²) in [4.78, 5) is 6.68. The van der Waals surface area contributed by atoms with Gasteiger partial charge in [-0.3, -0.25) is 4.90 Å². The molecule has 6 heteroatoms. The third-order valence-corrected chi connectivity index (χ3v) is 3.93. The molecule has 6 nitrogen and oxygen atoms in total. The van der Waals surface area contributed by atoms with E-state index >= 15 is 0 Å². The van der Waals surface area contributed by atoms with E-state index in [1.807, 2.05) is 24.3 Å². The Labute approximate surface area is 135 Å². The molecule has 1 aliphatic rings. The number of aromatic nitrogens is 1. The lowest BCUT2D eigenvalue weighted by Gasteiger charge is -2.28. The summed E-state index contributed by atoms with van der Waals surface area (Å²) in [7, 11) is 0. The summed E-state index contributed by atoms with van der Waals surface area (Å²) >= 11 is 0. The van der Waals surface area contributed by atoms with Gasteiger partial charge in [-0.1, -0.05) is 18.2 Å². The van der Waals surface area contributed by atoms with Crippen LogP contribution in [0.5, 0.6) is 0 Å². The number of β-amino-alcohol motifs (C(OH)–C–C–N with tert-alkyl or cyclic N) is 1. The molecule has 1 aromatic heterocycles. The van der Waals surface area contributed by atoms with Crippen molar-refractivity contribution in [2.24, 2.45) is 0 Å². The van der Waals surface area contributed by atoms with Gasteiger partial charge in [0.15, 0.2) is 0 Å². The molecule has 0 amide bonds. The third kappa shape index (κ3) is 3.96. The van der Waals surface area contributed by atoms with E-state index in [-0.39, 0.29) is 0 Å². The Morgan fingerprint density at radius 3 is 2.91 bits per heavy atom. The van der Waals surface area contributed by atoms with Crippen molar-refractivity contribution in [3.05, 3.63) is 35.9 Å². The number of rotatable bonds is 5. The van der Waals surface area contributed by atoms with Crippen LogP contribution in [0.25, 0.3) is 10.9 Å². The van der Waals surface area contributed by atoms with E-state index in [0.29, 0.717) is 24.5 Å². The van der Waals surface area contributed by atoms with Crippen LogP contribution in [0.3, 0.4) is 0 Å². The normalized spacial score (nSPS) is 16.9. The maximum atomic E-state index is 10.2. The van der Waals surface area contributed by atoms with Crippen molar-refractivity contribution >= 4 is 16.7 Å². The van der Waals surface area contributed by atoms with Gasteiger partial charge in [-0.2, -0.15) is 5.26 Å². The molecule has 0 bridgehead atoms. The highest BCUT2D eigenvalue weighted by atomic mass is 16.5. The molecule has 0 saturated carbocycles. The molecule has 120 valence electrons. The van der Waals surface area contributed by atoms with E-state index in [0.717, 1.165) is 37.2 Å². The highest BCUT2D eigenvalue weighted by molar-refractivity contribution is 5.86. The minimum atomic E-state index is -0.494. The standard InChI is InChI=1S/C17H20N4O2/c18-10-13-9-17(20-16-4-2-1-3-15(13)16)19-11-14(22)12-21-5-7-23-8-6-21/h1-4,9,14,22H,5-8,11-12H2,(H,19,20)/t14-/m1/s1. The quantitative estimate of drug-likeness (QED) is 0.864. The first-order valence-electron chi connectivity index (χ1n) is 7.78. The van der Waals surface area contributed by atoms with Gasteiger partial charge in [-0.05, 0) is 12.1 Å². The summed E-state index contributed by atoms with van der Waals surface area (Å²) in [6.45, 7) is 4.15. The second kappa shape index (κ2) is 7.38. The van der Waals surface area contributed by atoms with Crippen LogP contribution in [0.1, 0.15) is 5.56 Å². The predicted molar refractivity (Wildman–Crippen MR) is 88.2 cm³/mol. The number of nitriles is 1. The molecule has 1 fully saturated rings. The first-order chi connectivity index (χ1) is 11.3. The first-order valence-corrected chi connectivity index (χ1v) is 7.78. The predicted octanol–water partition coefficient (Wildman–Crippen LogP) is 1.21. The van der Waals surface area contributed by atoms with Crippen molar-refractivity contribution in [1.82, 2.24) is 9.88 Å². The van der Waals surface area contributed by atoms with Crippen LogP contribution >= 0.6 is 0 Å². The van der Waals surface area contributed by atoms with Gasteiger partial charge in [0.25, 0.3) is 0 Å². The molecule has 1 aromatic carbocycles. The van der Waals surface area contributed by atoms with Crippen LogP contribution < -0.4 is 5.32 Å². The SMILES string of the molecule is N#Cc1cc(NC[C@@H](O)CN2CCOCC2)nc2ccccc12. The van der Waals surface area contributed by atoms with E-state index in [1.165, 1.54) is 0 Å². The summed E-state index contributed by atoms with van der Waals surface area (Å²) < 4.78 is 5.30. The maximum absolute atomic E-state index is 10.2. The van der Waals surface area contributed by atoms with E-state index < -0.39 is 6.10 Å². The van der Waals surface area contributed by atoms with Crippen LogP contribution in [0.2, 0.25) is 0 Å². The number of ether oxygens (including phenoxy) is 1. The van der Waals surface area contributed by atoms with Crippen LogP contribution in [0, 0.1) is 11.3 Å². The number of morpholine rings is 1. The molecular formula is C17H20N4O2. The lowest BCUT2D eigenvalue weighted by Crippen LogP contribution is -2.42. The topological polar surface area (TPSA) is 81.4 Å². The van der Waals surface area contributed by atoms with Crippen molar-refractivity contribution in [3.8, 4) is 6.07 Å². The molecule has 0 radical (unpaired) electrons. The lowest BCUT2D eigenvalue weighted by atomic mass is 10.1. The van der Waals surface area contributed by atoms with Crippen molar-refractivity contribution in [3.63, 3.8) is 0 Å². The minimum absolute atomic E-state index is 0.396. The van der Waals surface area contributed by atoms with Crippen LogP contribution in [0.15, 0.2) is 30.3 Å². The van der Waals surface area contributed by atoms with E-state index in [9.17, 15) is 10.4 Å². The molecule has 2 aromatic rings. The third-order valence-electron chi connectivity index (χ3n) is 3.93. The number of para-hydroxylation sites is 1. The Hall–Kier alpha value is -2.20. The Balaban J connectivity index is 1.63.